The molecule has 140 valence electrons. The molecule has 0 aromatic carbocycles. The van der Waals surface area contributed by atoms with Crippen molar-refractivity contribution in [1.29, 1.82) is 0 Å². The molecule has 0 radical (unpaired) electrons. The standard InChI is InChI=1S/C20H30O5/c1-12-15(22)16(23)17-18(2,3)14(21)6-8-19(17,4)20(12,24)9-5-13-7-10-25-11-13/h7,10-12,14,16-17,21,23-24H,5-6,8-9H2,1-4H3/t12-,14+,16+,17-,19-,20+/m0/s1. The van der Waals surface area contributed by atoms with Gasteiger partial charge in [0, 0.05) is 17.3 Å². The third-order valence-corrected chi connectivity index (χ3v) is 7.40. The minimum absolute atomic E-state index is 0.320. The highest BCUT2D eigenvalue weighted by Gasteiger charge is 2.68. The van der Waals surface area contributed by atoms with Gasteiger partial charge in [-0.05, 0) is 42.7 Å². The summed E-state index contributed by atoms with van der Waals surface area (Å²) >= 11 is 0. The SMILES string of the molecule is C[C@H]1C(=O)[C@@H](O)[C@H]2C(C)(C)[C@H](O)CC[C@]2(C)[C@@]1(O)CCc1ccoc1. The minimum Gasteiger partial charge on any atom is -0.472 e. The van der Waals surface area contributed by atoms with Crippen LogP contribution in [0.2, 0.25) is 0 Å². The van der Waals surface area contributed by atoms with Crippen LogP contribution in [-0.4, -0.2) is 38.9 Å². The van der Waals surface area contributed by atoms with Gasteiger partial charge in [-0.1, -0.05) is 27.7 Å². The Morgan fingerprint density at radius 3 is 2.56 bits per heavy atom. The van der Waals surface area contributed by atoms with Crippen LogP contribution in [0.3, 0.4) is 0 Å². The predicted octanol–water partition coefficient (Wildman–Crippen LogP) is 2.33. The molecule has 0 aliphatic heterocycles. The maximum Gasteiger partial charge on any atom is 0.167 e. The normalized spacial score (nSPS) is 43.7. The molecule has 2 aliphatic rings. The van der Waals surface area contributed by atoms with Gasteiger partial charge in [-0.2, -0.15) is 0 Å². The maximum atomic E-state index is 12.8. The Labute approximate surface area is 149 Å². The van der Waals surface area contributed by atoms with Crippen molar-refractivity contribution in [2.45, 2.75) is 71.2 Å². The molecule has 2 fully saturated rings. The molecule has 0 amide bonds. The van der Waals surface area contributed by atoms with Gasteiger partial charge in [-0.15, -0.1) is 0 Å². The summed E-state index contributed by atoms with van der Waals surface area (Å²) in [6.45, 7) is 7.48. The zero-order valence-corrected chi connectivity index (χ0v) is 15.5. The number of aryl methyl sites for hydroxylation is 1. The van der Waals surface area contributed by atoms with E-state index in [0.29, 0.717) is 25.7 Å². The van der Waals surface area contributed by atoms with Gasteiger partial charge >= 0.3 is 0 Å². The summed E-state index contributed by atoms with van der Waals surface area (Å²) in [6, 6.07) is 1.86. The number of ketones is 1. The van der Waals surface area contributed by atoms with Crippen molar-refractivity contribution < 1.29 is 24.5 Å². The van der Waals surface area contributed by atoms with Crippen molar-refractivity contribution in [3.05, 3.63) is 24.2 Å². The second-order valence-electron chi connectivity index (χ2n) is 8.90. The molecule has 3 rings (SSSR count). The van der Waals surface area contributed by atoms with Crippen LogP contribution >= 0.6 is 0 Å². The zero-order valence-electron chi connectivity index (χ0n) is 15.5. The molecular formula is C20H30O5. The van der Waals surface area contributed by atoms with Crippen molar-refractivity contribution in [2.24, 2.45) is 22.7 Å². The first kappa shape index (κ1) is 18.6. The largest absolute Gasteiger partial charge is 0.472 e. The highest BCUT2D eigenvalue weighted by Crippen LogP contribution is 2.62. The molecule has 1 heterocycles. The highest BCUT2D eigenvalue weighted by molar-refractivity contribution is 5.88. The van der Waals surface area contributed by atoms with Crippen molar-refractivity contribution in [3.63, 3.8) is 0 Å². The van der Waals surface area contributed by atoms with Gasteiger partial charge in [0.1, 0.15) is 6.10 Å². The highest BCUT2D eigenvalue weighted by atomic mass is 16.3. The molecule has 0 bridgehead atoms. The van der Waals surface area contributed by atoms with Crippen LogP contribution in [0, 0.1) is 22.7 Å². The summed E-state index contributed by atoms with van der Waals surface area (Å²) < 4.78 is 5.11. The van der Waals surface area contributed by atoms with Crippen LogP contribution in [-0.2, 0) is 11.2 Å². The molecule has 0 unspecified atom stereocenters. The first-order valence-corrected chi connectivity index (χ1v) is 9.19. The van der Waals surface area contributed by atoms with E-state index in [4.69, 9.17) is 4.42 Å². The van der Waals surface area contributed by atoms with E-state index in [2.05, 4.69) is 0 Å². The Bertz CT molecular complexity index is 637. The summed E-state index contributed by atoms with van der Waals surface area (Å²) in [5.74, 6) is -1.46. The number of Topliss-reactive ketones (excluding diaryl/α,β-unsaturated/α-hetero) is 1. The van der Waals surface area contributed by atoms with Crippen molar-refractivity contribution in [1.82, 2.24) is 0 Å². The van der Waals surface area contributed by atoms with E-state index >= 15 is 0 Å². The first-order valence-electron chi connectivity index (χ1n) is 9.19. The number of carbonyl (C=O) groups is 1. The number of rotatable bonds is 3. The van der Waals surface area contributed by atoms with Gasteiger partial charge in [0.25, 0.3) is 0 Å². The van der Waals surface area contributed by atoms with Crippen molar-refractivity contribution in [3.8, 4) is 0 Å². The van der Waals surface area contributed by atoms with E-state index in [0.717, 1.165) is 5.56 Å². The van der Waals surface area contributed by atoms with Gasteiger partial charge in [0.2, 0.25) is 0 Å². The number of furan rings is 1. The van der Waals surface area contributed by atoms with E-state index < -0.39 is 40.5 Å². The lowest BCUT2D eigenvalue weighted by atomic mass is 9.42. The molecule has 5 nitrogen and oxygen atoms in total. The number of carbonyl (C=O) groups excluding carboxylic acids is 1. The van der Waals surface area contributed by atoms with Crippen LogP contribution in [0.4, 0.5) is 0 Å². The molecule has 3 N–H and O–H groups in total. The van der Waals surface area contributed by atoms with Crippen LogP contribution < -0.4 is 0 Å². The van der Waals surface area contributed by atoms with Crippen LogP contribution in [0.5, 0.6) is 0 Å². The van der Waals surface area contributed by atoms with Crippen molar-refractivity contribution in [2.75, 3.05) is 0 Å². The van der Waals surface area contributed by atoms with Gasteiger partial charge < -0.3 is 19.7 Å². The molecule has 2 saturated carbocycles. The van der Waals surface area contributed by atoms with Crippen molar-refractivity contribution >= 4 is 5.78 Å². The van der Waals surface area contributed by atoms with E-state index in [1.807, 2.05) is 26.8 Å². The van der Waals surface area contributed by atoms with Gasteiger partial charge in [0.15, 0.2) is 5.78 Å². The van der Waals surface area contributed by atoms with E-state index in [9.17, 15) is 20.1 Å². The molecule has 1 aromatic rings. The first-order chi connectivity index (χ1) is 11.6. The van der Waals surface area contributed by atoms with Gasteiger partial charge in [-0.3, -0.25) is 4.79 Å². The number of aliphatic hydroxyl groups is 3. The van der Waals surface area contributed by atoms with Crippen LogP contribution in [0.15, 0.2) is 23.0 Å². The fourth-order valence-corrected chi connectivity index (χ4v) is 5.66. The lowest BCUT2D eigenvalue weighted by molar-refractivity contribution is -0.249. The molecule has 0 saturated heterocycles. The second kappa shape index (κ2) is 5.93. The monoisotopic (exact) mass is 350 g/mol. The molecule has 0 spiro atoms. The number of fused-ring (bicyclic) bond motifs is 1. The maximum absolute atomic E-state index is 12.8. The Morgan fingerprint density at radius 2 is 1.96 bits per heavy atom. The predicted molar refractivity (Wildman–Crippen MR) is 92.8 cm³/mol. The molecular weight excluding hydrogens is 320 g/mol. The summed E-state index contributed by atoms with van der Waals surface area (Å²) in [6.07, 6.45) is 3.67. The Morgan fingerprint density at radius 1 is 1.28 bits per heavy atom. The summed E-state index contributed by atoms with van der Waals surface area (Å²) in [5.41, 5.74) is -1.55. The second-order valence-corrected chi connectivity index (χ2v) is 8.90. The summed E-state index contributed by atoms with van der Waals surface area (Å²) in [5, 5.41) is 33.0. The van der Waals surface area contributed by atoms with E-state index in [1.165, 1.54) is 0 Å². The fraction of sp³-hybridized carbons (Fsp3) is 0.750. The average Bonchev–Trinajstić information content (AvgIpc) is 3.07. The average molecular weight is 350 g/mol. The van der Waals surface area contributed by atoms with Crippen LogP contribution in [0.25, 0.3) is 0 Å². The van der Waals surface area contributed by atoms with Crippen LogP contribution in [0.1, 0.15) is 52.5 Å². The van der Waals surface area contributed by atoms with Gasteiger partial charge in [0.05, 0.1) is 24.2 Å². The third-order valence-electron chi connectivity index (χ3n) is 7.40. The quantitative estimate of drug-likeness (QED) is 0.778. The number of hydrogen-bond acceptors (Lipinski definition) is 5. The Hall–Kier alpha value is -1.17. The molecule has 2 aliphatic carbocycles. The molecule has 1 aromatic heterocycles. The van der Waals surface area contributed by atoms with E-state index in [-0.39, 0.29) is 5.78 Å². The topological polar surface area (TPSA) is 90.9 Å². The number of aliphatic hydroxyl groups excluding tert-OH is 2. The third kappa shape index (κ3) is 2.51. The molecule has 25 heavy (non-hydrogen) atoms. The Balaban J connectivity index is 2.02. The number of hydrogen-bond donors (Lipinski definition) is 3. The molecule has 6 atom stereocenters. The lowest BCUT2D eigenvalue weighted by Gasteiger charge is -2.64. The fourth-order valence-electron chi connectivity index (χ4n) is 5.66. The summed E-state index contributed by atoms with van der Waals surface area (Å²) in [4.78, 5) is 12.8. The van der Waals surface area contributed by atoms with E-state index in [1.54, 1.807) is 19.5 Å². The van der Waals surface area contributed by atoms with Gasteiger partial charge in [-0.25, -0.2) is 0 Å². The molecule has 5 heteroatoms. The smallest absolute Gasteiger partial charge is 0.167 e. The Kier molecular flexibility index (Phi) is 4.42. The minimum atomic E-state index is -1.23. The zero-order chi connectivity index (χ0) is 18.6. The lowest BCUT2D eigenvalue weighted by Crippen LogP contribution is -2.71. The summed E-state index contributed by atoms with van der Waals surface area (Å²) in [7, 11) is 0.